The van der Waals surface area contributed by atoms with Gasteiger partial charge in [0.25, 0.3) is 17.4 Å². The van der Waals surface area contributed by atoms with Crippen molar-refractivity contribution < 1.29 is 14.5 Å². The number of amides is 1. The predicted octanol–water partition coefficient (Wildman–Crippen LogP) is 3.53. The maximum absolute atomic E-state index is 12.8. The first-order chi connectivity index (χ1) is 13.3. The Morgan fingerprint density at radius 2 is 1.75 bits per heavy atom. The number of aryl methyl sites for hydroxylation is 2. The highest BCUT2D eigenvalue weighted by atomic mass is 16.6. The Balaban J connectivity index is 1.91. The molecule has 0 saturated carbocycles. The highest BCUT2D eigenvalue weighted by Crippen LogP contribution is 2.23. The van der Waals surface area contributed by atoms with Crippen LogP contribution in [-0.4, -0.2) is 26.4 Å². The maximum atomic E-state index is 12.8. The Bertz CT molecular complexity index is 1090. The Labute approximate surface area is 161 Å². The fraction of sp³-hybridized carbons (Fsp3) is 0.150. The molecule has 1 N–H and O–H groups in total. The zero-order chi connectivity index (χ0) is 20.4. The topological polar surface area (TPSA) is 107 Å². The van der Waals surface area contributed by atoms with Crippen molar-refractivity contribution in [2.45, 2.75) is 20.8 Å². The van der Waals surface area contributed by atoms with Crippen LogP contribution in [0, 0.1) is 30.9 Å². The van der Waals surface area contributed by atoms with Crippen LogP contribution < -0.4 is 5.32 Å². The lowest BCUT2D eigenvalue weighted by atomic mass is 10.1. The molecule has 0 radical (unpaired) electrons. The number of aromatic nitrogens is 2. The van der Waals surface area contributed by atoms with Crippen molar-refractivity contribution in [2.24, 2.45) is 0 Å². The summed E-state index contributed by atoms with van der Waals surface area (Å²) in [5.74, 6) is -1.62. The summed E-state index contributed by atoms with van der Waals surface area (Å²) in [4.78, 5) is 35.7. The molecule has 1 aromatic heterocycles. The van der Waals surface area contributed by atoms with E-state index in [0.29, 0.717) is 17.0 Å². The van der Waals surface area contributed by atoms with Gasteiger partial charge in [0.2, 0.25) is 0 Å². The third kappa shape index (κ3) is 3.52. The van der Waals surface area contributed by atoms with E-state index in [1.165, 1.54) is 18.2 Å². The van der Waals surface area contributed by atoms with Crippen molar-refractivity contribution in [3.63, 3.8) is 0 Å². The predicted molar refractivity (Wildman–Crippen MR) is 104 cm³/mol. The molecule has 1 amide bonds. The van der Waals surface area contributed by atoms with Crippen LogP contribution in [0.25, 0.3) is 5.69 Å². The number of nitrogens with zero attached hydrogens (tertiary/aromatic N) is 3. The molecule has 0 spiro atoms. The molecule has 0 aliphatic rings. The van der Waals surface area contributed by atoms with Crippen LogP contribution >= 0.6 is 0 Å². The van der Waals surface area contributed by atoms with Crippen LogP contribution in [0.1, 0.15) is 27.3 Å². The number of nitro benzene ring substituents is 1. The van der Waals surface area contributed by atoms with E-state index in [0.717, 1.165) is 5.69 Å². The van der Waals surface area contributed by atoms with Gasteiger partial charge >= 0.3 is 0 Å². The normalized spacial score (nSPS) is 10.5. The molecular weight excluding hydrogens is 360 g/mol. The van der Waals surface area contributed by atoms with E-state index < -0.39 is 16.6 Å². The summed E-state index contributed by atoms with van der Waals surface area (Å²) in [7, 11) is 0. The lowest BCUT2D eigenvalue weighted by molar-refractivity contribution is -0.384. The number of Topliss-reactive ketones (excluding diaryl/α,β-unsaturated/α-hetero) is 1. The summed E-state index contributed by atoms with van der Waals surface area (Å²) in [5, 5.41) is 17.8. The van der Waals surface area contributed by atoms with Crippen molar-refractivity contribution >= 4 is 23.1 Å². The zero-order valence-corrected chi connectivity index (χ0v) is 15.6. The van der Waals surface area contributed by atoms with E-state index in [1.807, 2.05) is 30.3 Å². The largest absolute Gasteiger partial charge is 0.319 e. The van der Waals surface area contributed by atoms with Crippen molar-refractivity contribution in [3.8, 4) is 5.69 Å². The van der Waals surface area contributed by atoms with Gasteiger partial charge < -0.3 is 5.32 Å². The van der Waals surface area contributed by atoms with Crippen LogP contribution in [0.2, 0.25) is 0 Å². The molecule has 8 nitrogen and oxygen atoms in total. The minimum atomic E-state index is -0.873. The number of carbonyl (C=O) groups excluding carboxylic acids is 2. The summed E-state index contributed by atoms with van der Waals surface area (Å²) in [6.45, 7) is 5.06. The molecule has 0 aliphatic carbocycles. The van der Waals surface area contributed by atoms with E-state index >= 15 is 0 Å². The molecule has 3 rings (SSSR count). The SMILES string of the molecule is Cc1ccc([N+](=O)[O-])cc1NC(=O)C(=O)c1c(C)nn(-c2ccccc2)c1C. The first kappa shape index (κ1) is 19.0. The van der Waals surface area contributed by atoms with Gasteiger partial charge in [0, 0.05) is 12.1 Å². The van der Waals surface area contributed by atoms with Crippen LogP contribution in [0.15, 0.2) is 48.5 Å². The van der Waals surface area contributed by atoms with Crippen molar-refractivity contribution in [3.05, 3.63) is 81.2 Å². The Morgan fingerprint density at radius 1 is 1.07 bits per heavy atom. The van der Waals surface area contributed by atoms with Gasteiger partial charge in [0.05, 0.1) is 33.2 Å². The molecule has 0 unspecified atom stereocenters. The number of carbonyl (C=O) groups is 2. The number of rotatable bonds is 5. The van der Waals surface area contributed by atoms with Gasteiger partial charge in [-0.3, -0.25) is 19.7 Å². The van der Waals surface area contributed by atoms with Crippen molar-refractivity contribution in [1.29, 1.82) is 0 Å². The second-order valence-electron chi connectivity index (χ2n) is 6.33. The fourth-order valence-corrected chi connectivity index (χ4v) is 2.94. The summed E-state index contributed by atoms with van der Waals surface area (Å²) in [6, 6.07) is 13.4. The number of hydrogen-bond acceptors (Lipinski definition) is 5. The molecule has 0 aliphatic heterocycles. The first-order valence-electron chi connectivity index (χ1n) is 8.52. The van der Waals surface area contributed by atoms with Gasteiger partial charge in [-0.2, -0.15) is 5.10 Å². The Kier molecular flexibility index (Phi) is 5.04. The number of non-ortho nitro benzene ring substituents is 1. The smallest absolute Gasteiger partial charge is 0.296 e. The standard InChI is InChI=1S/C20H18N4O4/c1-12-9-10-16(24(27)28)11-17(12)21-20(26)19(25)18-13(2)22-23(14(18)3)15-7-5-4-6-8-15/h4-11H,1-3H3,(H,21,26). The minimum absolute atomic E-state index is 0.169. The van der Waals surface area contributed by atoms with Gasteiger partial charge in [-0.1, -0.05) is 24.3 Å². The van der Waals surface area contributed by atoms with Crippen molar-refractivity contribution in [1.82, 2.24) is 9.78 Å². The van der Waals surface area contributed by atoms with Crippen LogP contribution in [0.5, 0.6) is 0 Å². The van der Waals surface area contributed by atoms with Gasteiger partial charge in [-0.05, 0) is 38.5 Å². The molecule has 0 saturated heterocycles. The molecular formula is C20H18N4O4. The maximum Gasteiger partial charge on any atom is 0.296 e. The minimum Gasteiger partial charge on any atom is -0.319 e. The van der Waals surface area contributed by atoms with Gasteiger partial charge in [0.15, 0.2) is 0 Å². The number of ketones is 1. The third-order valence-electron chi connectivity index (χ3n) is 4.41. The van der Waals surface area contributed by atoms with Crippen LogP contribution in [0.4, 0.5) is 11.4 Å². The number of hydrogen-bond donors (Lipinski definition) is 1. The molecule has 2 aromatic carbocycles. The monoisotopic (exact) mass is 378 g/mol. The fourth-order valence-electron chi connectivity index (χ4n) is 2.94. The van der Waals surface area contributed by atoms with E-state index in [4.69, 9.17) is 0 Å². The van der Waals surface area contributed by atoms with Crippen LogP contribution in [-0.2, 0) is 4.79 Å². The molecule has 8 heteroatoms. The summed E-state index contributed by atoms with van der Waals surface area (Å²) >= 11 is 0. The van der Waals surface area contributed by atoms with Crippen LogP contribution in [0.3, 0.4) is 0 Å². The third-order valence-corrected chi connectivity index (χ3v) is 4.41. The molecule has 0 bridgehead atoms. The average molecular weight is 378 g/mol. The lowest BCUT2D eigenvalue weighted by Crippen LogP contribution is -2.24. The van der Waals surface area contributed by atoms with Crippen molar-refractivity contribution in [2.75, 3.05) is 5.32 Å². The average Bonchev–Trinajstić information content (AvgIpc) is 2.97. The van der Waals surface area contributed by atoms with Gasteiger partial charge in [-0.15, -0.1) is 0 Å². The van der Waals surface area contributed by atoms with Gasteiger partial charge in [-0.25, -0.2) is 4.68 Å². The molecule has 0 fully saturated rings. The summed E-state index contributed by atoms with van der Waals surface area (Å²) < 4.78 is 1.61. The summed E-state index contributed by atoms with van der Waals surface area (Å²) in [6.07, 6.45) is 0. The highest BCUT2D eigenvalue weighted by molar-refractivity contribution is 6.47. The Morgan fingerprint density at radius 3 is 2.39 bits per heavy atom. The lowest BCUT2D eigenvalue weighted by Gasteiger charge is -2.08. The Hall–Kier alpha value is -3.81. The molecule has 142 valence electrons. The second-order valence-corrected chi connectivity index (χ2v) is 6.33. The second kappa shape index (κ2) is 7.43. The van der Waals surface area contributed by atoms with E-state index in [1.54, 1.807) is 25.5 Å². The summed E-state index contributed by atoms with van der Waals surface area (Å²) in [5.41, 5.74) is 2.62. The highest BCUT2D eigenvalue weighted by Gasteiger charge is 2.26. The number of anilines is 1. The molecule has 28 heavy (non-hydrogen) atoms. The molecule has 1 heterocycles. The number of para-hydroxylation sites is 1. The number of benzene rings is 2. The number of nitro groups is 1. The molecule has 3 aromatic rings. The van der Waals surface area contributed by atoms with E-state index in [9.17, 15) is 19.7 Å². The van der Waals surface area contributed by atoms with Gasteiger partial charge in [0.1, 0.15) is 0 Å². The first-order valence-corrected chi connectivity index (χ1v) is 8.52. The van der Waals surface area contributed by atoms with E-state index in [2.05, 4.69) is 10.4 Å². The number of nitrogens with one attached hydrogen (secondary N) is 1. The zero-order valence-electron chi connectivity index (χ0n) is 15.6. The van der Waals surface area contributed by atoms with E-state index in [-0.39, 0.29) is 16.9 Å². The quantitative estimate of drug-likeness (QED) is 0.316. The molecule has 0 atom stereocenters.